The number of carbonyl (C=O) groups is 2. The van der Waals surface area contributed by atoms with Crippen molar-refractivity contribution in [3.05, 3.63) is 76.5 Å². The van der Waals surface area contributed by atoms with E-state index in [4.69, 9.17) is 4.98 Å². The molecule has 0 unspecified atom stereocenters. The van der Waals surface area contributed by atoms with Gasteiger partial charge in [-0.2, -0.15) is 4.98 Å². The molecule has 12 heteroatoms. The smallest absolute Gasteiger partial charge is 0.329 e. The summed E-state index contributed by atoms with van der Waals surface area (Å²) in [6.07, 6.45) is 12.0. The fraction of sp³-hybridized carbons (Fsp3) is 0.462. The topological polar surface area (TPSA) is 148 Å². The Labute approximate surface area is 297 Å². The SMILES string of the molecule is CCCCNc1ncc2c(-c3ccc(CNCCCc4ccc5c(c4)n(C)c(=O)n5[C@H]4CCC(=O)NC4=O)cc3)cn(C3CCC(O)CC3)c2n1. The van der Waals surface area contributed by atoms with Gasteiger partial charge in [-0.15, -0.1) is 0 Å². The Morgan fingerprint density at radius 3 is 2.49 bits per heavy atom. The van der Waals surface area contributed by atoms with Gasteiger partial charge in [0.2, 0.25) is 17.8 Å². The first kappa shape index (κ1) is 34.6. The Morgan fingerprint density at radius 2 is 1.73 bits per heavy atom. The molecule has 5 aromatic rings. The number of carbonyl (C=O) groups excluding carboxylic acids is 2. The van der Waals surface area contributed by atoms with E-state index < -0.39 is 11.9 Å². The second-order valence-corrected chi connectivity index (χ2v) is 14.1. The summed E-state index contributed by atoms with van der Waals surface area (Å²) in [7, 11) is 1.72. The molecule has 4 heterocycles. The molecule has 7 rings (SSSR count). The maximum Gasteiger partial charge on any atom is 0.329 e. The summed E-state index contributed by atoms with van der Waals surface area (Å²) in [5, 5.41) is 20.5. The van der Waals surface area contributed by atoms with Crippen LogP contribution in [0.15, 0.2) is 59.7 Å². The lowest BCUT2D eigenvalue weighted by Crippen LogP contribution is -2.44. The van der Waals surface area contributed by atoms with Crippen LogP contribution in [0.1, 0.15) is 87.9 Å². The fourth-order valence-corrected chi connectivity index (χ4v) is 7.58. The van der Waals surface area contributed by atoms with Gasteiger partial charge < -0.3 is 20.3 Å². The zero-order valence-electron chi connectivity index (χ0n) is 29.5. The molecule has 1 aliphatic heterocycles. The number of anilines is 1. The van der Waals surface area contributed by atoms with E-state index in [-0.39, 0.29) is 24.1 Å². The highest BCUT2D eigenvalue weighted by atomic mass is 16.3. The minimum atomic E-state index is -0.680. The lowest BCUT2D eigenvalue weighted by molar-refractivity contribution is -0.135. The predicted molar refractivity (Wildman–Crippen MR) is 199 cm³/mol. The number of nitrogens with zero attached hydrogens (tertiary/aromatic N) is 5. The van der Waals surface area contributed by atoms with Gasteiger partial charge in [0.15, 0.2) is 0 Å². The number of rotatable bonds is 13. The number of unbranched alkanes of at least 4 members (excludes halogenated alkanes) is 1. The van der Waals surface area contributed by atoms with Crippen molar-refractivity contribution in [2.24, 2.45) is 7.05 Å². The van der Waals surface area contributed by atoms with Crippen LogP contribution in [0.3, 0.4) is 0 Å². The van der Waals surface area contributed by atoms with Gasteiger partial charge in [0.25, 0.3) is 0 Å². The average Bonchev–Trinajstić information content (AvgIpc) is 3.63. The Kier molecular flexibility index (Phi) is 10.3. The van der Waals surface area contributed by atoms with Gasteiger partial charge in [0.05, 0.1) is 17.1 Å². The maximum absolute atomic E-state index is 13.1. The zero-order valence-corrected chi connectivity index (χ0v) is 29.5. The van der Waals surface area contributed by atoms with Crippen LogP contribution < -0.4 is 21.6 Å². The molecule has 1 aliphatic carbocycles. The lowest BCUT2D eigenvalue weighted by atomic mass is 9.93. The third kappa shape index (κ3) is 7.34. The van der Waals surface area contributed by atoms with E-state index in [0.29, 0.717) is 23.9 Å². The van der Waals surface area contributed by atoms with E-state index in [0.717, 1.165) is 104 Å². The third-order valence-electron chi connectivity index (χ3n) is 10.5. The summed E-state index contributed by atoms with van der Waals surface area (Å²) in [5.41, 5.74) is 6.76. The van der Waals surface area contributed by atoms with Gasteiger partial charge in [-0.1, -0.05) is 43.7 Å². The highest BCUT2D eigenvalue weighted by molar-refractivity contribution is 6.00. The molecule has 1 saturated carbocycles. The molecule has 2 aromatic carbocycles. The molecule has 51 heavy (non-hydrogen) atoms. The number of nitrogens with one attached hydrogen (secondary N) is 3. The van der Waals surface area contributed by atoms with Crippen LogP contribution in [-0.4, -0.2) is 59.8 Å². The van der Waals surface area contributed by atoms with Gasteiger partial charge in [-0.3, -0.25) is 24.0 Å². The summed E-state index contributed by atoms with van der Waals surface area (Å²) >= 11 is 0. The van der Waals surface area contributed by atoms with Crippen LogP contribution in [0.2, 0.25) is 0 Å². The number of fused-ring (bicyclic) bond motifs is 2. The predicted octanol–water partition coefficient (Wildman–Crippen LogP) is 5.14. The highest BCUT2D eigenvalue weighted by Gasteiger charge is 2.31. The zero-order chi connectivity index (χ0) is 35.5. The first-order valence-corrected chi connectivity index (χ1v) is 18.4. The number of aliphatic hydroxyl groups is 1. The number of hydrogen-bond acceptors (Lipinski definition) is 8. The van der Waals surface area contributed by atoms with Crippen LogP contribution in [0.4, 0.5) is 5.95 Å². The molecule has 3 aromatic heterocycles. The van der Waals surface area contributed by atoms with Crippen molar-refractivity contribution in [3.63, 3.8) is 0 Å². The van der Waals surface area contributed by atoms with Gasteiger partial charge in [-0.05, 0) is 86.7 Å². The number of aryl methyl sites for hydroxylation is 2. The summed E-state index contributed by atoms with van der Waals surface area (Å²) in [6, 6.07) is 14.3. The number of aromatic nitrogens is 5. The Morgan fingerprint density at radius 1 is 0.941 bits per heavy atom. The first-order chi connectivity index (χ1) is 24.8. The molecule has 268 valence electrons. The van der Waals surface area contributed by atoms with E-state index in [2.05, 4.69) is 62.9 Å². The fourth-order valence-electron chi connectivity index (χ4n) is 7.58. The maximum atomic E-state index is 13.1. The van der Waals surface area contributed by atoms with E-state index in [9.17, 15) is 19.5 Å². The summed E-state index contributed by atoms with van der Waals surface area (Å²) in [5.74, 6) is -0.0574. The molecule has 0 radical (unpaired) electrons. The summed E-state index contributed by atoms with van der Waals surface area (Å²) < 4.78 is 5.41. The molecule has 1 saturated heterocycles. The molecule has 0 spiro atoms. The molecule has 12 nitrogen and oxygen atoms in total. The minimum Gasteiger partial charge on any atom is -0.393 e. The molecule has 2 aliphatic rings. The van der Waals surface area contributed by atoms with E-state index in [1.807, 2.05) is 24.4 Å². The average molecular weight is 693 g/mol. The Balaban J connectivity index is 0.977. The number of aliphatic hydroxyl groups excluding tert-OH is 1. The van der Waals surface area contributed by atoms with Gasteiger partial charge in [-0.25, -0.2) is 9.78 Å². The van der Waals surface area contributed by atoms with Gasteiger partial charge >= 0.3 is 5.69 Å². The van der Waals surface area contributed by atoms with Crippen LogP contribution in [0.5, 0.6) is 0 Å². The molecular formula is C39H48N8O4. The van der Waals surface area contributed by atoms with Crippen LogP contribution >= 0.6 is 0 Å². The van der Waals surface area contributed by atoms with Crippen LogP contribution in [-0.2, 0) is 29.6 Å². The number of benzene rings is 2. The third-order valence-corrected chi connectivity index (χ3v) is 10.5. The molecular weight excluding hydrogens is 644 g/mol. The standard InChI is InChI=1S/C39H48N8O4/c1-3-4-20-41-38-42-23-30-31(24-46(36(30)44-38)28-12-14-29(48)15-13-28)27-10-7-26(8-11-27)22-40-19-5-6-25-9-16-32-34(21-25)45(2)39(51)47(32)33-17-18-35(49)43-37(33)50/h7-11,16,21,23-24,28-29,33,40,48H,3-6,12-15,17-20,22H2,1-2H3,(H,41,42,44)(H,43,49,50)/t28?,29?,33-/m0/s1. The van der Waals surface area contributed by atoms with Crippen molar-refractivity contribution in [1.82, 2.24) is 34.3 Å². The molecule has 2 amide bonds. The number of imide groups is 1. The molecule has 4 N–H and O–H groups in total. The van der Waals surface area contributed by atoms with E-state index in [1.165, 1.54) is 10.1 Å². The lowest BCUT2D eigenvalue weighted by Gasteiger charge is -2.27. The van der Waals surface area contributed by atoms with Gasteiger partial charge in [0, 0.05) is 55.9 Å². The van der Waals surface area contributed by atoms with Crippen molar-refractivity contribution in [1.29, 1.82) is 0 Å². The Hall–Kier alpha value is -4.81. The number of piperidine rings is 1. The second-order valence-electron chi connectivity index (χ2n) is 14.1. The minimum absolute atomic E-state index is 0.211. The van der Waals surface area contributed by atoms with E-state index in [1.54, 1.807) is 11.6 Å². The van der Waals surface area contributed by atoms with Crippen LogP contribution in [0, 0.1) is 0 Å². The number of imidazole rings is 1. The van der Waals surface area contributed by atoms with Gasteiger partial charge in [0.1, 0.15) is 11.7 Å². The molecule has 2 fully saturated rings. The normalized spacial score (nSPS) is 19.5. The molecule has 0 bridgehead atoms. The highest BCUT2D eigenvalue weighted by Crippen LogP contribution is 2.37. The van der Waals surface area contributed by atoms with Crippen molar-refractivity contribution in [2.75, 3.05) is 18.4 Å². The number of amides is 2. The number of hydrogen-bond donors (Lipinski definition) is 4. The van der Waals surface area contributed by atoms with Crippen molar-refractivity contribution in [2.45, 2.75) is 95.9 Å². The molecule has 1 atom stereocenters. The monoisotopic (exact) mass is 692 g/mol. The summed E-state index contributed by atoms with van der Waals surface area (Å²) in [4.78, 5) is 46.8. The largest absolute Gasteiger partial charge is 0.393 e. The summed E-state index contributed by atoms with van der Waals surface area (Å²) in [6.45, 7) is 4.61. The first-order valence-electron chi connectivity index (χ1n) is 18.4. The van der Waals surface area contributed by atoms with Crippen molar-refractivity contribution >= 4 is 39.8 Å². The second kappa shape index (κ2) is 15.2. The van der Waals surface area contributed by atoms with Crippen LogP contribution in [0.25, 0.3) is 33.2 Å². The quantitative estimate of drug-likeness (QED) is 0.0980. The van der Waals surface area contributed by atoms with Crippen molar-refractivity contribution in [3.8, 4) is 11.1 Å². The van der Waals surface area contributed by atoms with Crippen molar-refractivity contribution < 1.29 is 14.7 Å². The van der Waals surface area contributed by atoms with E-state index >= 15 is 0 Å². The Bertz CT molecular complexity index is 2090.